The molecule has 10 rings (SSSR count). The molecule has 198 valence electrons. The molecule has 1 unspecified atom stereocenters. The van der Waals surface area contributed by atoms with Gasteiger partial charge in [-0.3, -0.25) is 9.20 Å². The van der Waals surface area contributed by atoms with Crippen LogP contribution in [-0.4, -0.2) is 4.40 Å². The van der Waals surface area contributed by atoms with Crippen LogP contribution in [0.2, 0.25) is 0 Å². The van der Waals surface area contributed by atoms with Crippen LogP contribution >= 0.6 is 0 Å². The normalized spacial score (nSPS) is 16.9. The molecule has 0 saturated carbocycles. The molecule has 0 amide bonds. The van der Waals surface area contributed by atoms with Crippen molar-refractivity contribution in [1.82, 2.24) is 4.40 Å². The smallest absolute Gasteiger partial charge is 0.263 e. The van der Waals surface area contributed by atoms with Crippen molar-refractivity contribution in [3.8, 4) is 22.3 Å². The Morgan fingerprint density at radius 1 is 0.643 bits per heavy atom. The highest BCUT2D eigenvalue weighted by Crippen LogP contribution is 2.63. The summed E-state index contributed by atoms with van der Waals surface area (Å²) in [6.45, 7) is 2.28. The second-order valence-corrected chi connectivity index (χ2v) is 12.2. The van der Waals surface area contributed by atoms with E-state index in [0.717, 1.165) is 34.6 Å². The zero-order valence-corrected chi connectivity index (χ0v) is 23.3. The van der Waals surface area contributed by atoms with Gasteiger partial charge >= 0.3 is 0 Å². The molecule has 2 heterocycles. The first kappa shape index (κ1) is 22.7. The molecule has 1 spiro atoms. The lowest BCUT2D eigenvalue weighted by Crippen LogP contribution is -2.26. The van der Waals surface area contributed by atoms with E-state index in [1.165, 1.54) is 60.7 Å². The topological polar surface area (TPSA) is 21.5 Å². The van der Waals surface area contributed by atoms with E-state index in [1.807, 2.05) is 12.1 Å². The molecular weight excluding hydrogens is 510 g/mol. The van der Waals surface area contributed by atoms with Crippen molar-refractivity contribution in [2.24, 2.45) is 5.92 Å². The monoisotopic (exact) mass is 537 g/mol. The molecule has 1 atom stereocenters. The molecule has 2 nitrogen and oxygen atoms in total. The minimum atomic E-state index is -0.418. The molecular formula is C40H27NO. The Kier molecular flexibility index (Phi) is 4.14. The van der Waals surface area contributed by atoms with Gasteiger partial charge in [0.1, 0.15) is 0 Å². The lowest BCUT2D eigenvalue weighted by atomic mass is 9.70. The van der Waals surface area contributed by atoms with Crippen molar-refractivity contribution in [2.75, 3.05) is 0 Å². The summed E-state index contributed by atoms with van der Waals surface area (Å²) in [7, 11) is 0. The maximum absolute atomic E-state index is 14.5. The third-order valence-electron chi connectivity index (χ3n) is 10.5. The maximum Gasteiger partial charge on any atom is 0.263 e. The van der Waals surface area contributed by atoms with E-state index >= 15 is 0 Å². The van der Waals surface area contributed by atoms with Crippen LogP contribution in [0.25, 0.3) is 55.5 Å². The Hall–Kier alpha value is -4.95. The van der Waals surface area contributed by atoms with E-state index in [1.54, 1.807) is 0 Å². The molecule has 0 bridgehead atoms. The van der Waals surface area contributed by atoms with Crippen LogP contribution in [0, 0.1) is 5.92 Å². The van der Waals surface area contributed by atoms with Gasteiger partial charge in [-0.2, -0.15) is 0 Å². The molecule has 3 aliphatic rings. The number of nitrogens with zero attached hydrogens (tertiary/aromatic N) is 1. The zero-order chi connectivity index (χ0) is 27.7. The summed E-state index contributed by atoms with van der Waals surface area (Å²) in [5.74, 6) is 0.452. The highest BCUT2D eigenvalue weighted by Gasteiger charge is 2.52. The lowest BCUT2D eigenvalue weighted by Gasteiger charge is -2.30. The zero-order valence-electron chi connectivity index (χ0n) is 23.3. The fraction of sp³-hybridized carbons (Fsp3) is 0.125. The summed E-state index contributed by atoms with van der Waals surface area (Å²) < 4.78 is 2.09. The minimum absolute atomic E-state index is 0.0861. The molecule has 3 aliphatic carbocycles. The highest BCUT2D eigenvalue weighted by molar-refractivity contribution is 6.10. The Balaban J connectivity index is 1.47. The predicted molar refractivity (Wildman–Crippen MR) is 172 cm³/mol. The lowest BCUT2D eigenvalue weighted by molar-refractivity contribution is 0.657. The van der Waals surface area contributed by atoms with Gasteiger partial charge in [-0.15, -0.1) is 0 Å². The minimum Gasteiger partial charge on any atom is -0.275 e. The Morgan fingerprint density at radius 2 is 1.24 bits per heavy atom. The number of aromatic nitrogens is 1. The summed E-state index contributed by atoms with van der Waals surface area (Å²) in [6.07, 6.45) is 4.48. The summed E-state index contributed by atoms with van der Waals surface area (Å²) >= 11 is 0. The van der Waals surface area contributed by atoms with Crippen LogP contribution in [0.1, 0.15) is 41.2 Å². The molecule has 0 saturated heterocycles. The van der Waals surface area contributed by atoms with Gasteiger partial charge in [-0.25, -0.2) is 0 Å². The van der Waals surface area contributed by atoms with E-state index in [9.17, 15) is 4.79 Å². The molecule has 0 N–H and O–H groups in total. The molecule has 5 aromatic carbocycles. The van der Waals surface area contributed by atoms with Crippen LogP contribution in [0.5, 0.6) is 0 Å². The Morgan fingerprint density at radius 3 is 1.93 bits per heavy atom. The Labute approximate surface area is 243 Å². The van der Waals surface area contributed by atoms with E-state index in [4.69, 9.17) is 0 Å². The quantitative estimate of drug-likeness (QED) is 0.208. The summed E-state index contributed by atoms with van der Waals surface area (Å²) in [5.41, 5.74) is 13.5. The van der Waals surface area contributed by atoms with Gasteiger partial charge < -0.3 is 0 Å². The summed E-state index contributed by atoms with van der Waals surface area (Å²) in [6, 6.07) is 39.6. The van der Waals surface area contributed by atoms with Crippen LogP contribution in [0.4, 0.5) is 0 Å². The average molecular weight is 538 g/mol. The number of rotatable bonds is 1. The fourth-order valence-corrected chi connectivity index (χ4v) is 8.85. The second-order valence-electron chi connectivity index (χ2n) is 12.2. The van der Waals surface area contributed by atoms with Gasteiger partial charge in [0.2, 0.25) is 0 Å². The fourth-order valence-electron chi connectivity index (χ4n) is 8.85. The Bertz CT molecular complexity index is 2420. The average Bonchev–Trinajstić information content (AvgIpc) is 3.65. The van der Waals surface area contributed by atoms with Crippen LogP contribution in [-0.2, 0) is 11.8 Å². The van der Waals surface area contributed by atoms with Gasteiger partial charge in [0.25, 0.3) is 5.56 Å². The first-order valence-corrected chi connectivity index (χ1v) is 15.1. The van der Waals surface area contributed by atoms with E-state index < -0.39 is 5.41 Å². The van der Waals surface area contributed by atoms with E-state index in [2.05, 4.69) is 114 Å². The number of pyridine rings is 1. The number of hydrogen-bond donors (Lipinski definition) is 0. The molecule has 42 heavy (non-hydrogen) atoms. The third kappa shape index (κ3) is 2.40. The van der Waals surface area contributed by atoms with Crippen molar-refractivity contribution in [1.29, 1.82) is 0 Å². The van der Waals surface area contributed by atoms with Crippen molar-refractivity contribution in [2.45, 2.75) is 25.2 Å². The number of benzene rings is 5. The van der Waals surface area contributed by atoms with Gasteiger partial charge in [-0.05, 0) is 74.7 Å². The highest BCUT2D eigenvalue weighted by atomic mass is 16.1. The summed E-state index contributed by atoms with van der Waals surface area (Å²) in [4.78, 5) is 14.5. The number of hydrogen-bond acceptors (Lipinski definition) is 1. The van der Waals surface area contributed by atoms with Crippen molar-refractivity contribution in [3.05, 3.63) is 153 Å². The maximum atomic E-state index is 14.5. The molecule has 0 fully saturated rings. The van der Waals surface area contributed by atoms with Crippen LogP contribution < -0.4 is 10.8 Å². The van der Waals surface area contributed by atoms with Crippen molar-refractivity contribution >= 4 is 33.3 Å². The molecule has 2 aromatic heterocycles. The molecule has 0 radical (unpaired) electrons. The van der Waals surface area contributed by atoms with Gasteiger partial charge in [0, 0.05) is 21.6 Å². The standard InChI is InChI=1S/C40H27NO/c1-2-23-21-30-24-11-3-4-14-28(24)39(42)41-37(30)31(22-23)27-19-20-35-36(38(27)41)29-15-7-10-18-34(29)40(35)32-16-8-5-12-25(32)26-13-6-9-17-33(26)40/h3-21,23H,2,22H2,1H3. The molecule has 2 heteroatoms. The second kappa shape index (κ2) is 7.66. The SMILES string of the molecule is CCC1C=c2c3ccccc3c(=O)n3c2c(c2ccc4c(c23)-c2ccccc2C42c3ccccc3-c3ccccc32)C1. The van der Waals surface area contributed by atoms with Crippen molar-refractivity contribution in [3.63, 3.8) is 0 Å². The van der Waals surface area contributed by atoms with E-state index in [0.29, 0.717) is 5.92 Å². The predicted octanol–water partition coefficient (Wildman–Crippen LogP) is 8.03. The van der Waals surface area contributed by atoms with Gasteiger partial charge in [-0.1, -0.05) is 116 Å². The van der Waals surface area contributed by atoms with Gasteiger partial charge in [0.15, 0.2) is 0 Å². The third-order valence-corrected chi connectivity index (χ3v) is 10.5. The molecule has 7 aromatic rings. The van der Waals surface area contributed by atoms with Crippen LogP contribution in [0.3, 0.4) is 0 Å². The first-order chi connectivity index (χ1) is 20.7. The van der Waals surface area contributed by atoms with Crippen molar-refractivity contribution < 1.29 is 0 Å². The molecule has 0 aliphatic heterocycles. The van der Waals surface area contributed by atoms with Crippen LogP contribution in [0.15, 0.2) is 114 Å². The first-order valence-electron chi connectivity index (χ1n) is 15.1. The number of fused-ring (bicyclic) bond motifs is 16. The largest absolute Gasteiger partial charge is 0.275 e. The summed E-state index contributed by atoms with van der Waals surface area (Å²) in [5, 5.41) is 4.32. The van der Waals surface area contributed by atoms with Gasteiger partial charge in [0.05, 0.1) is 16.4 Å². The van der Waals surface area contributed by atoms with E-state index in [-0.39, 0.29) is 5.56 Å².